The number of hydrogen-bond donors (Lipinski definition) is 1. The molecule has 0 saturated carbocycles. The summed E-state index contributed by atoms with van der Waals surface area (Å²) in [5, 5.41) is 12.0. The van der Waals surface area contributed by atoms with Crippen LogP contribution in [0.2, 0.25) is 10.0 Å². The van der Waals surface area contributed by atoms with Gasteiger partial charge < -0.3 is 9.73 Å². The molecule has 0 aliphatic heterocycles. The van der Waals surface area contributed by atoms with E-state index < -0.39 is 0 Å². The maximum Gasteiger partial charge on any atom is 0.277 e. The van der Waals surface area contributed by atoms with Gasteiger partial charge in [0.05, 0.1) is 5.75 Å². The Balaban J connectivity index is 1.60. The number of anilines is 1. The highest BCUT2D eigenvalue weighted by molar-refractivity contribution is 7.99. The molecule has 0 saturated heterocycles. The van der Waals surface area contributed by atoms with Crippen LogP contribution in [0.1, 0.15) is 5.56 Å². The van der Waals surface area contributed by atoms with Crippen molar-refractivity contribution in [2.75, 3.05) is 11.1 Å². The normalized spacial score (nSPS) is 10.7. The van der Waals surface area contributed by atoms with Gasteiger partial charge in [0.1, 0.15) is 0 Å². The molecule has 0 fully saturated rings. The van der Waals surface area contributed by atoms with E-state index in [2.05, 4.69) is 15.5 Å². The summed E-state index contributed by atoms with van der Waals surface area (Å²) in [6, 6.07) is 12.6. The summed E-state index contributed by atoms with van der Waals surface area (Å²) in [6.45, 7) is 1.97. The van der Waals surface area contributed by atoms with Gasteiger partial charge in [-0.3, -0.25) is 4.79 Å². The third kappa shape index (κ3) is 4.75. The van der Waals surface area contributed by atoms with Crippen molar-refractivity contribution in [2.45, 2.75) is 12.1 Å². The Labute approximate surface area is 158 Å². The average Bonchev–Trinajstić information content (AvgIpc) is 3.01. The summed E-state index contributed by atoms with van der Waals surface area (Å²) in [4.78, 5) is 12.0. The summed E-state index contributed by atoms with van der Waals surface area (Å²) in [5.74, 6) is 0.334. The van der Waals surface area contributed by atoms with E-state index in [0.717, 1.165) is 22.9 Å². The first-order valence-electron chi connectivity index (χ1n) is 7.29. The summed E-state index contributed by atoms with van der Waals surface area (Å²) in [7, 11) is 0. The average molecular weight is 394 g/mol. The first kappa shape index (κ1) is 17.8. The summed E-state index contributed by atoms with van der Waals surface area (Å²) < 4.78 is 5.61. The van der Waals surface area contributed by atoms with E-state index in [9.17, 15) is 4.79 Å². The number of carbonyl (C=O) groups is 1. The molecule has 0 radical (unpaired) electrons. The standard InChI is InChI=1S/C17H13Cl2N3O2S/c1-10-4-2-3-5-14(10)16-21-22-17(24-16)25-9-15(23)20-13-7-11(18)6-12(19)8-13/h2-8H,9H2,1H3,(H,20,23). The van der Waals surface area contributed by atoms with Crippen molar-refractivity contribution in [3.8, 4) is 11.5 Å². The molecule has 1 heterocycles. The number of nitrogens with one attached hydrogen (secondary N) is 1. The second-order valence-electron chi connectivity index (χ2n) is 5.18. The Hall–Kier alpha value is -2.02. The molecule has 1 N–H and O–H groups in total. The maximum atomic E-state index is 12.0. The highest BCUT2D eigenvalue weighted by Crippen LogP contribution is 2.26. The Kier molecular flexibility index (Phi) is 5.63. The van der Waals surface area contributed by atoms with Gasteiger partial charge in [-0.15, -0.1) is 10.2 Å². The van der Waals surface area contributed by atoms with Gasteiger partial charge in [0.15, 0.2) is 0 Å². The van der Waals surface area contributed by atoms with Crippen molar-refractivity contribution in [3.63, 3.8) is 0 Å². The Morgan fingerprint density at radius 1 is 1.16 bits per heavy atom. The Bertz CT molecular complexity index is 894. The largest absolute Gasteiger partial charge is 0.411 e. The van der Waals surface area contributed by atoms with Gasteiger partial charge in [-0.25, -0.2) is 0 Å². The second kappa shape index (κ2) is 7.91. The van der Waals surface area contributed by atoms with Gasteiger partial charge in [-0.05, 0) is 36.8 Å². The zero-order valence-electron chi connectivity index (χ0n) is 13.1. The summed E-state index contributed by atoms with van der Waals surface area (Å²) in [5.41, 5.74) is 2.45. The predicted octanol–water partition coefficient (Wildman–Crippen LogP) is 5.08. The topological polar surface area (TPSA) is 68.0 Å². The van der Waals surface area contributed by atoms with Crippen molar-refractivity contribution < 1.29 is 9.21 Å². The molecule has 0 spiro atoms. The molecule has 1 amide bonds. The van der Waals surface area contributed by atoms with Gasteiger partial charge in [-0.1, -0.05) is 53.2 Å². The predicted molar refractivity (Wildman–Crippen MR) is 100 cm³/mol. The number of hydrogen-bond acceptors (Lipinski definition) is 5. The lowest BCUT2D eigenvalue weighted by Gasteiger charge is -2.05. The number of nitrogens with zero attached hydrogens (tertiary/aromatic N) is 2. The lowest BCUT2D eigenvalue weighted by atomic mass is 10.1. The highest BCUT2D eigenvalue weighted by Gasteiger charge is 2.13. The van der Waals surface area contributed by atoms with Crippen LogP contribution in [0.4, 0.5) is 5.69 Å². The van der Waals surface area contributed by atoms with E-state index in [1.54, 1.807) is 18.2 Å². The van der Waals surface area contributed by atoms with Crippen LogP contribution >= 0.6 is 35.0 Å². The molecular weight excluding hydrogens is 381 g/mol. The molecule has 3 rings (SSSR count). The van der Waals surface area contributed by atoms with Crippen LogP contribution in [0.25, 0.3) is 11.5 Å². The minimum atomic E-state index is -0.223. The molecule has 2 aromatic carbocycles. The Morgan fingerprint density at radius 3 is 2.60 bits per heavy atom. The van der Waals surface area contributed by atoms with Crippen molar-refractivity contribution in [1.82, 2.24) is 10.2 Å². The Morgan fingerprint density at radius 2 is 1.88 bits per heavy atom. The van der Waals surface area contributed by atoms with Crippen molar-refractivity contribution >= 4 is 46.6 Å². The van der Waals surface area contributed by atoms with Gasteiger partial charge in [0.2, 0.25) is 11.8 Å². The molecule has 128 valence electrons. The summed E-state index contributed by atoms with van der Waals surface area (Å²) in [6.07, 6.45) is 0. The van der Waals surface area contributed by atoms with E-state index >= 15 is 0 Å². The molecule has 0 bridgehead atoms. The molecule has 0 aliphatic carbocycles. The monoisotopic (exact) mass is 393 g/mol. The van der Waals surface area contributed by atoms with Gasteiger partial charge in [0.25, 0.3) is 5.22 Å². The number of thioether (sulfide) groups is 1. The lowest BCUT2D eigenvalue weighted by molar-refractivity contribution is -0.113. The van der Waals surface area contributed by atoms with E-state index in [1.807, 2.05) is 31.2 Å². The van der Waals surface area contributed by atoms with E-state index in [-0.39, 0.29) is 11.7 Å². The number of aromatic nitrogens is 2. The molecule has 1 aromatic heterocycles. The minimum Gasteiger partial charge on any atom is -0.411 e. The van der Waals surface area contributed by atoms with Gasteiger partial charge in [0, 0.05) is 21.3 Å². The fraction of sp³-hybridized carbons (Fsp3) is 0.118. The highest BCUT2D eigenvalue weighted by atomic mass is 35.5. The van der Waals surface area contributed by atoms with Crippen molar-refractivity contribution in [2.24, 2.45) is 0 Å². The quantitative estimate of drug-likeness (QED) is 0.611. The molecule has 25 heavy (non-hydrogen) atoms. The number of benzene rings is 2. The first-order chi connectivity index (χ1) is 12.0. The van der Waals surface area contributed by atoms with Crippen molar-refractivity contribution in [1.29, 1.82) is 0 Å². The first-order valence-corrected chi connectivity index (χ1v) is 9.03. The molecular formula is C17H13Cl2N3O2S. The SMILES string of the molecule is Cc1ccccc1-c1nnc(SCC(=O)Nc2cc(Cl)cc(Cl)c2)o1. The molecule has 0 unspecified atom stereocenters. The zero-order valence-corrected chi connectivity index (χ0v) is 15.5. The van der Waals surface area contributed by atoms with E-state index in [1.165, 1.54) is 0 Å². The number of amides is 1. The van der Waals surface area contributed by atoms with Crippen LogP contribution in [-0.4, -0.2) is 21.9 Å². The molecule has 8 heteroatoms. The van der Waals surface area contributed by atoms with Crippen molar-refractivity contribution in [3.05, 3.63) is 58.1 Å². The fourth-order valence-corrected chi connectivity index (χ4v) is 3.23. The zero-order chi connectivity index (χ0) is 17.8. The van der Waals surface area contributed by atoms with Gasteiger partial charge in [-0.2, -0.15) is 0 Å². The third-order valence-electron chi connectivity index (χ3n) is 3.25. The number of aryl methyl sites for hydroxylation is 1. The molecule has 0 aliphatic rings. The van der Waals surface area contributed by atoms with Crippen LogP contribution in [0.5, 0.6) is 0 Å². The molecule has 0 atom stereocenters. The smallest absolute Gasteiger partial charge is 0.277 e. The van der Waals surface area contributed by atoms with Crippen LogP contribution in [-0.2, 0) is 4.79 Å². The van der Waals surface area contributed by atoms with Gasteiger partial charge >= 0.3 is 0 Å². The minimum absolute atomic E-state index is 0.125. The molecule has 5 nitrogen and oxygen atoms in total. The van der Waals surface area contributed by atoms with Crippen LogP contribution < -0.4 is 5.32 Å². The lowest BCUT2D eigenvalue weighted by Crippen LogP contribution is -2.13. The van der Waals surface area contributed by atoms with E-state index in [4.69, 9.17) is 27.6 Å². The number of rotatable bonds is 5. The summed E-state index contributed by atoms with van der Waals surface area (Å²) >= 11 is 13.0. The maximum absolute atomic E-state index is 12.0. The fourth-order valence-electron chi connectivity index (χ4n) is 2.14. The second-order valence-corrected chi connectivity index (χ2v) is 6.98. The third-order valence-corrected chi connectivity index (χ3v) is 4.51. The molecule has 3 aromatic rings. The van der Waals surface area contributed by atoms with Crippen LogP contribution in [0, 0.1) is 6.92 Å². The van der Waals surface area contributed by atoms with E-state index in [0.29, 0.717) is 26.8 Å². The van der Waals surface area contributed by atoms with Crippen LogP contribution in [0.3, 0.4) is 0 Å². The number of halogens is 2. The van der Waals surface area contributed by atoms with Crippen LogP contribution in [0.15, 0.2) is 52.1 Å². The number of carbonyl (C=O) groups excluding carboxylic acids is 1.